The van der Waals surface area contributed by atoms with Crippen LogP contribution in [0.25, 0.3) is 0 Å². The van der Waals surface area contributed by atoms with Crippen LogP contribution in [0.15, 0.2) is 0 Å². The van der Waals surface area contributed by atoms with Crippen LogP contribution in [0.5, 0.6) is 0 Å². The van der Waals surface area contributed by atoms with Gasteiger partial charge in [-0.1, -0.05) is 12.8 Å². The molecule has 74 valence electrons. The van der Waals surface area contributed by atoms with Gasteiger partial charge in [-0.15, -0.1) is 0 Å². The van der Waals surface area contributed by atoms with Crippen molar-refractivity contribution in [1.29, 1.82) is 0 Å². The number of fused-ring (bicyclic) bond motifs is 1. The van der Waals surface area contributed by atoms with Crippen LogP contribution < -0.4 is 5.32 Å². The van der Waals surface area contributed by atoms with Crippen LogP contribution in [-0.4, -0.2) is 25.2 Å². The lowest BCUT2D eigenvalue weighted by Crippen LogP contribution is -2.37. The molecule has 3 heteroatoms. The van der Waals surface area contributed by atoms with E-state index in [-0.39, 0.29) is 12.0 Å². The summed E-state index contributed by atoms with van der Waals surface area (Å²) in [5.74, 6) is 0.632. The molecule has 0 aromatic carbocycles. The standard InChI is InChI=1S/C10H17NO2/c1-13-10(12)9-6-7-4-2-3-5-8(7)11-9/h7-9,11H,2-6H2,1H3/t7-,8?,9?/m0/s1. The number of esters is 1. The highest BCUT2D eigenvalue weighted by molar-refractivity contribution is 5.76. The fraction of sp³-hybridized carbons (Fsp3) is 0.900. The van der Waals surface area contributed by atoms with Gasteiger partial charge in [-0.2, -0.15) is 0 Å². The molecule has 2 rings (SSSR count). The summed E-state index contributed by atoms with van der Waals surface area (Å²) in [5, 5.41) is 3.37. The minimum atomic E-state index is -0.0885. The van der Waals surface area contributed by atoms with Crippen LogP contribution in [0.1, 0.15) is 32.1 Å². The summed E-state index contributed by atoms with van der Waals surface area (Å²) >= 11 is 0. The Labute approximate surface area is 78.8 Å². The summed E-state index contributed by atoms with van der Waals surface area (Å²) in [7, 11) is 1.46. The van der Waals surface area contributed by atoms with E-state index in [4.69, 9.17) is 4.74 Å². The third-order valence-corrected chi connectivity index (χ3v) is 3.35. The van der Waals surface area contributed by atoms with Crippen molar-refractivity contribution in [2.45, 2.75) is 44.2 Å². The number of carbonyl (C=O) groups is 1. The molecule has 2 aliphatic rings. The van der Waals surface area contributed by atoms with Gasteiger partial charge in [0.1, 0.15) is 6.04 Å². The van der Waals surface area contributed by atoms with E-state index in [0.29, 0.717) is 6.04 Å². The second-order valence-electron chi connectivity index (χ2n) is 4.13. The van der Waals surface area contributed by atoms with Gasteiger partial charge in [-0.3, -0.25) is 4.79 Å². The number of hydrogen-bond acceptors (Lipinski definition) is 3. The molecule has 1 aliphatic carbocycles. The van der Waals surface area contributed by atoms with E-state index < -0.39 is 0 Å². The average Bonchev–Trinajstić information content (AvgIpc) is 2.59. The van der Waals surface area contributed by atoms with E-state index in [0.717, 1.165) is 12.3 Å². The zero-order valence-electron chi connectivity index (χ0n) is 8.08. The Morgan fingerprint density at radius 1 is 1.38 bits per heavy atom. The molecule has 0 bridgehead atoms. The quantitative estimate of drug-likeness (QED) is 0.618. The summed E-state index contributed by atoms with van der Waals surface area (Å²) in [4.78, 5) is 11.3. The first-order valence-corrected chi connectivity index (χ1v) is 5.15. The summed E-state index contributed by atoms with van der Waals surface area (Å²) in [6.07, 6.45) is 6.14. The molecule has 0 radical (unpaired) electrons. The van der Waals surface area contributed by atoms with Crippen molar-refractivity contribution >= 4 is 5.97 Å². The van der Waals surface area contributed by atoms with Crippen molar-refractivity contribution in [3.05, 3.63) is 0 Å². The highest BCUT2D eigenvalue weighted by Gasteiger charge is 2.38. The van der Waals surface area contributed by atoms with Crippen LogP contribution in [-0.2, 0) is 9.53 Å². The van der Waals surface area contributed by atoms with Gasteiger partial charge < -0.3 is 10.1 Å². The Morgan fingerprint density at radius 3 is 2.85 bits per heavy atom. The molecule has 2 fully saturated rings. The molecule has 3 atom stereocenters. The van der Waals surface area contributed by atoms with Crippen molar-refractivity contribution in [3.8, 4) is 0 Å². The Hall–Kier alpha value is -0.570. The predicted octanol–water partition coefficient (Wildman–Crippen LogP) is 1.08. The average molecular weight is 183 g/mol. The second-order valence-corrected chi connectivity index (χ2v) is 4.13. The number of ether oxygens (including phenoxy) is 1. The van der Waals surface area contributed by atoms with Gasteiger partial charge in [0.25, 0.3) is 0 Å². The maximum atomic E-state index is 11.3. The van der Waals surface area contributed by atoms with Gasteiger partial charge >= 0.3 is 5.97 Å². The Bertz CT molecular complexity index is 191. The van der Waals surface area contributed by atoms with Gasteiger partial charge in [0.2, 0.25) is 0 Å². The molecule has 1 saturated heterocycles. The van der Waals surface area contributed by atoms with E-state index in [1.807, 2.05) is 0 Å². The molecule has 1 aliphatic heterocycles. The van der Waals surface area contributed by atoms with Crippen LogP contribution in [0.2, 0.25) is 0 Å². The fourth-order valence-electron chi connectivity index (χ4n) is 2.64. The molecule has 2 unspecified atom stereocenters. The lowest BCUT2D eigenvalue weighted by molar-refractivity contribution is -0.142. The van der Waals surface area contributed by atoms with Crippen molar-refractivity contribution in [2.75, 3.05) is 7.11 Å². The monoisotopic (exact) mass is 183 g/mol. The highest BCUT2D eigenvalue weighted by Crippen LogP contribution is 2.33. The van der Waals surface area contributed by atoms with Gasteiger partial charge in [-0.05, 0) is 25.2 Å². The maximum Gasteiger partial charge on any atom is 0.322 e. The number of nitrogens with one attached hydrogen (secondary N) is 1. The smallest absolute Gasteiger partial charge is 0.322 e. The molecule has 1 saturated carbocycles. The molecule has 1 N–H and O–H groups in total. The zero-order valence-corrected chi connectivity index (χ0v) is 8.08. The van der Waals surface area contributed by atoms with E-state index in [1.54, 1.807) is 0 Å². The predicted molar refractivity (Wildman–Crippen MR) is 49.3 cm³/mol. The Morgan fingerprint density at radius 2 is 2.15 bits per heavy atom. The maximum absolute atomic E-state index is 11.3. The molecule has 1 heterocycles. The van der Waals surface area contributed by atoms with Crippen molar-refractivity contribution in [2.24, 2.45) is 5.92 Å². The minimum absolute atomic E-state index is 0.0295. The van der Waals surface area contributed by atoms with E-state index in [9.17, 15) is 4.79 Å². The van der Waals surface area contributed by atoms with Crippen LogP contribution >= 0.6 is 0 Å². The van der Waals surface area contributed by atoms with Crippen LogP contribution in [0.4, 0.5) is 0 Å². The summed E-state index contributed by atoms with van der Waals surface area (Å²) in [6, 6.07) is 0.552. The molecule has 0 spiro atoms. The third-order valence-electron chi connectivity index (χ3n) is 3.35. The van der Waals surface area contributed by atoms with Crippen molar-refractivity contribution in [1.82, 2.24) is 5.32 Å². The van der Waals surface area contributed by atoms with Gasteiger partial charge in [-0.25, -0.2) is 0 Å². The summed E-state index contributed by atoms with van der Waals surface area (Å²) in [5.41, 5.74) is 0. The first-order valence-electron chi connectivity index (χ1n) is 5.15. The van der Waals surface area contributed by atoms with Crippen LogP contribution in [0.3, 0.4) is 0 Å². The number of carbonyl (C=O) groups excluding carboxylic acids is 1. The van der Waals surface area contributed by atoms with Gasteiger partial charge in [0.05, 0.1) is 7.11 Å². The largest absolute Gasteiger partial charge is 0.468 e. The molecular weight excluding hydrogens is 166 g/mol. The first kappa shape index (κ1) is 9.00. The molecule has 3 nitrogen and oxygen atoms in total. The lowest BCUT2D eigenvalue weighted by atomic mass is 9.85. The van der Waals surface area contributed by atoms with E-state index >= 15 is 0 Å². The molecular formula is C10H17NO2. The van der Waals surface area contributed by atoms with Crippen molar-refractivity contribution < 1.29 is 9.53 Å². The number of hydrogen-bond donors (Lipinski definition) is 1. The van der Waals surface area contributed by atoms with Gasteiger partial charge in [0.15, 0.2) is 0 Å². The van der Waals surface area contributed by atoms with Crippen molar-refractivity contribution in [3.63, 3.8) is 0 Å². The Balaban J connectivity index is 1.94. The highest BCUT2D eigenvalue weighted by atomic mass is 16.5. The lowest BCUT2D eigenvalue weighted by Gasteiger charge is -2.24. The zero-order chi connectivity index (χ0) is 9.26. The molecule has 0 aromatic heterocycles. The second kappa shape index (κ2) is 3.66. The summed E-state index contributed by atoms with van der Waals surface area (Å²) in [6.45, 7) is 0. The SMILES string of the molecule is COC(=O)C1C[C@@H]2CCCCC2N1. The van der Waals surface area contributed by atoms with E-state index in [1.165, 1.54) is 32.8 Å². The van der Waals surface area contributed by atoms with E-state index in [2.05, 4.69) is 5.32 Å². The third kappa shape index (κ3) is 1.70. The summed E-state index contributed by atoms with van der Waals surface area (Å²) < 4.78 is 4.74. The number of methoxy groups -OCH3 is 1. The topological polar surface area (TPSA) is 38.3 Å². The number of rotatable bonds is 1. The van der Waals surface area contributed by atoms with Crippen LogP contribution in [0, 0.1) is 5.92 Å². The normalized spacial score (nSPS) is 38.4. The molecule has 13 heavy (non-hydrogen) atoms. The Kier molecular flexibility index (Phi) is 2.54. The van der Waals surface area contributed by atoms with Gasteiger partial charge in [0, 0.05) is 6.04 Å². The molecule has 0 aromatic rings. The fourth-order valence-corrected chi connectivity index (χ4v) is 2.64. The first-order chi connectivity index (χ1) is 6.31. The minimum Gasteiger partial charge on any atom is -0.468 e. The molecule has 0 amide bonds.